The second-order valence-corrected chi connectivity index (χ2v) is 10.3. The van der Waals surface area contributed by atoms with Crippen LogP contribution in [-0.4, -0.2) is 48.2 Å². The molecular weight excluding hydrogens is 481 g/mol. The summed E-state index contributed by atoms with van der Waals surface area (Å²) in [5, 5.41) is 15.0. The smallest absolute Gasteiger partial charge is 0.225 e. The van der Waals surface area contributed by atoms with Crippen molar-refractivity contribution in [2.45, 2.75) is 44.8 Å². The van der Waals surface area contributed by atoms with Gasteiger partial charge in [0.1, 0.15) is 0 Å². The maximum Gasteiger partial charge on any atom is 0.225 e. The fourth-order valence-corrected chi connectivity index (χ4v) is 5.46. The Labute approximate surface area is 210 Å². The van der Waals surface area contributed by atoms with E-state index < -0.39 is 0 Å². The Kier molecular flexibility index (Phi) is 7.95. The topological polar surface area (TPSA) is 55.8 Å². The Bertz CT molecular complexity index is 987. The molecule has 0 saturated carbocycles. The molecule has 0 spiro atoms. The number of amides is 1. The number of nitrogens with zero attached hydrogens (tertiary/aromatic N) is 2. The van der Waals surface area contributed by atoms with Crippen LogP contribution in [0.25, 0.3) is 0 Å². The number of carbonyl (C=O) groups excluding carboxylic acids is 1. The third-order valence-electron chi connectivity index (χ3n) is 6.74. The first-order valence-electron chi connectivity index (χ1n) is 11.5. The summed E-state index contributed by atoms with van der Waals surface area (Å²) in [7, 11) is 0. The number of nitrogens with one attached hydrogen (secondary N) is 1. The van der Waals surface area contributed by atoms with E-state index in [1.54, 1.807) is 6.07 Å². The second-order valence-electron chi connectivity index (χ2n) is 9.01. The van der Waals surface area contributed by atoms with Crippen molar-refractivity contribution < 1.29 is 9.90 Å². The quantitative estimate of drug-likeness (QED) is 0.516. The van der Waals surface area contributed by atoms with Crippen molar-refractivity contribution in [1.82, 2.24) is 4.90 Å². The van der Waals surface area contributed by atoms with Gasteiger partial charge in [-0.2, -0.15) is 0 Å². The van der Waals surface area contributed by atoms with Crippen LogP contribution in [-0.2, 0) is 4.79 Å². The molecule has 33 heavy (non-hydrogen) atoms. The van der Waals surface area contributed by atoms with E-state index in [0.29, 0.717) is 41.0 Å². The maximum atomic E-state index is 12.9. The molecule has 0 unspecified atom stereocenters. The van der Waals surface area contributed by atoms with E-state index in [1.807, 2.05) is 36.1 Å². The zero-order valence-corrected chi connectivity index (χ0v) is 21.0. The monoisotopic (exact) mass is 509 g/mol. The molecule has 0 aromatic heterocycles. The van der Waals surface area contributed by atoms with Crippen LogP contribution in [0.4, 0.5) is 11.4 Å². The van der Waals surface area contributed by atoms with E-state index in [9.17, 15) is 9.90 Å². The van der Waals surface area contributed by atoms with Gasteiger partial charge in [0.2, 0.25) is 5.91 Å². The van der Waals surface area contributed by atoms with Gasteiger partial charge >= 0.3 is 0 Å². The van der Waals surface area contributed by atoms with Gasteiger partial charge in [0.05, 0.1) is 22.9 Å². The molecule has 2 aliphatic heterocycles. The predicted molar refractivity (Wildman–Crippen MR) is 137 cm³/mol. The first-order chi connectivity index (χ1) is 15.8. The molecule has 1 atom stereocenters. The highest BCUT2D eigenvalue weighted by atomic mass is 35.5. The van der Waals surface area contributed by atoms with Gasteiger partial charge in [-0.1, -0.05) is 40.9 Å². The molecule has 2 fully saturated rings. The standard InChI is InChI=1S/C25H30Cl3N3O2/c1-16(21-4-2-18(26)14-23(21)28)29-24-15-19(3-5-22(24)27)30-10-6-17(7-11-30)25(33)31-12-8-20(32)9-13-31/h2-5,14-17,20,29,32H,6-13H2,1H3/t16-/m1/s1. The van der Waals surface area contributed by atoms with Gasteiger partial charge in [0, 0.05) is 47.8 Å². The largest absolute Gasteiger partial charge is 0.393 e. The van der Waals surface area contributed by atoms with Crippen LogP contribution in [0.1, 0.15) is 44.2 Å². The number of hydrogen-bond donors (Lipinski definition) is 2. The molecule has 2 saturated heterocycles. The first kappa shape index (κ1) is 24.5. The Hall–Kier alpha value is -1.66. The molecule has 8 heteroatoms. The fourth-order valence-electron chi connectivity index (χ4n) is 4.71. The summed E-state index contributed by atoms with van der Waals surface area (Å²) in [5.74, 6) is 0.308. The van der Waals surface area contributed by atoms with Crippen LogP contribution in [0.3, 0.4) is 0 Å². The minimum atomic E-state index is -0.262. The van der Waals surface area contributed by atoms with E-state index in [4.69, 9.17) is 34.8 Å². The highest BCUT2D eigenvalue weighted by molar-refractivity contribution is 6.35. The minimum Gasteiger partial charge on any atom is -0.393 e. The number of carbonyl (C=O) groups is 1. The van der Waals surface area contributed by atoms with Crippen LogP contribution < -0.4 is 10.2 Å². The van der Waals surface area contributed by atoms with E-state index >= 15 is 0 Å². The fraction of sp³-hybridized carbons (Fsp3) is 0.480. The van der Waals surface area contributed by atoms with Crippen LogP contribution in [0.5, 0.6) is 0 Å². The van der Waals surface area contributed by atoms with E-state index in [2.05, 4.69) is 16.3 Å². The number of likely N-dealkylation sites (tertiary alicyclic amines) is 1. The van der Waals surface area contributed by atoms with E-state index in [0.717, 1.165) is 42.9 Å². The van der Waals surface area contributed by atoms with Crippen molar-refractivity contribution >= 4 is 52.1 Å². The van der Waals surface area contributed by atoms with Crippen LogP contribution in [0.15, 0.2) is 36.4 Å². The number of halogens is 3. The second kappa shape index (κ2) is 10.7. The molecule has 0 radical (unpaired) electrons. The maximum absolute atomic E-state index is 12.9. The SMILES string of the molecule is C[C@@H](Nc1cc(N2CCC(C(=O)N3CCC(O)CC3)CC2)ccc1Cl)c1ccc(Cl)cc1Cl. The van der Waals surface area contributed by atoms with Crippen molar-refractivity contribution in [2.24, 2.45) is 5.92 Å². The summed E-state index contributed by atoms with van der Waals surface area (Å²) in [5.41, 5.74) is 2.88. The van der Waals surface area contributed by atoms with E-state index in [-0.39, 0.29) is 24.0 Å². The molecule has 2 aliphatic rings. The number of aliphatic hydroxyl groups excluding tert-OH is 1. The molecule has 0 aliphatic carbocycles. The average molecular weight is 511 g/mol. The van der Waals surface area contributed by atoms with Gasteiger partial charge in [-0.3, -0.25) is 4.79 Å². The number of benzene rings is 2. The Morgan fingerprint density at radius 3 is 2.33 bits per heavy atom. The zero-order chi connectivity index (χ0) is 23.5. The summed E-state index contributed by atoms with van der Waals surface area (Å²) < 4.78 is 0. The Morgan fingerprint density at radius 1 is 0.970 bits per heavy atom. The number of aliphatic hydroxyl groups is 1. The molecule has 2 heterocycles. The normalized spacial score (nSPS) is 18.9. The number of rotatable bonds is 5. The van der Waals surface area contributed by atoms with Gasteiger partial charge in [-0.25, -0.2) is 0 Å². The van der Waals surface area contributed by atoms with Crippen molar-refractivity contribution in [2.75, 3.05) is 36.4 Å². The third-order valence-corrected chi connectivity index (χ3v) is 7.63. The number of hydrogen-bond acceptors (Lipinski definition) is 4. The highest BCUT2D eigenvalue weighted by Gasteiger charge is 2.30. The molecule has 2 N–H and O–H groups in total. The minimum absolute atomic E-state index is 0.0473. The van der Waals surface area contributed by atoms with Gasteiger partial charge in [-0.15, -0.1) is 0 Å². The molecule has 2 aromatic rings. The van der Waals surface area contributed by atoms with Gasteiger partial charge in [0.25, 0.3) is 0 Å². The Morgan fingerprint density at radius 2 is 1.67 bits per heavy atom. The lowest BCUT2D eigenvalue weighted by Crippen LogP contribution is -2.46. The third kappa shape index (κ3) is 5.89. The van der Waals surface area contributed by atoms with Gasteiger partial charge < -0.3 is 20.2 Å². The molecule has 2 aromatic carbocycles. The highest BCUT2D eigenvalue weighted by Crippen LogP contribution is 2.34. The first-order valence-corrected chi connectivity index (χ1v) is 12.7. The zero-order valence-electron chi connectivity index (χ0n) is 18.7. The van der Waals surface area contributed by atoms with Crippen molar-refractivity contribution in [3.05, 3.63) is 57.0 Å². The average Bonchev–Trinajstić information content (AvgIpc) is 2.80. The van der Waals surface area contributed by atoms with Gasteiger partial charge in [0.15, 0.2) is 0 Å². The van der Waals surface area contributed by atoms with Gasteiger partial charge in [-0.05, 0) is 68.5 Å². The lowest BCUT2D eigenvalue weighted by molar-refractivity contribution is -0.138. The van der Waals surface area contributed by atoms with Crippen LogP contribution >= 0.6 is 34.8 Å². The molecule has 5 nitrogen and oxygen atoms in total. The predicted octanol–water partition coefficient (Wildman–Crippen LogP) is 6.02. The van der Waals surface area contributed by atoms with Crippen molar-refractivity contribution in [3.63, 3.8) is 0 Å². The van der Waals surface area contributed by atoms with Crippen LogP contribution in [0, 0.1) is 5.92 Å². The van der Waals surface area contributed by atoms with Crippen molar-refractivity contribution in [3.8, 4) is 0 Å². The molecule has 178 valence electrons. The lowest BCUT2D eigenvalue weighted by atomic mass is 9.93. The molecule has 0 bridgehead atoms. The number of anilines is 2. The molecular formula is C25H30Cl3N3O2. The van der Waals surface area contributed by atoms with Crippen LogP contribution in [0.2, 0.25) is 15.1 Å². The summed E-state index contributed by atoms with van der Waals surface area (Å²) >= 11 is 18.9. The van der Waals surface area contributed by atoms with E-state index in [1.165, 1.54) is 0 Å². The number of piperidine rings is 2. The lowest BCUT2D eigenvalue weighted by Gasteiger charge is -2.37. The Balaban J connectivity index is 1.38. The van der Waals surface area contributed by atoms with Crippen molar-refractivity contribution in [1.29, 1.82) is 0 Å². The molecule has 1 amide bonds. The summed E-state index contributed by atoms with van der Waals surface area (Å²) in [4.78, 5) is 17.1. The molecule has 4 rings (SSSR count). The summed E-state index contributed by atoms with van der Waals surface area (Å²) in [6.45, 7) is 5.03. The summed E-state index contributed by atoms with van der Waals surface area (Å²) in [6.07, 6.45) is 2.78. The summed E-state index contributed by atoms with van der Waals surface area (Å²) in [6, 6.07) is 11.5.